The van der Waals surface area contributed by atoms with Gasteiger partial charge in [-0.1, -0.05) is 24.3 Å². The summed E-state index contributed by atoms with van der Waals surface area (Å²) in [4.78, 5) is 11.7. The van der Waals surface area contributed by atoms with Gasteiger partial charge < -0.3 is 21.1 Å². The average Bonchev–Trinajstić information content (AvgIpc) is 2.55. The summed E-state index contributed by atoms with van der Waals surface area (Å²) in [6, 6.07) is 16.6. The number of nitrogens with one attached hydrogen (secondary N) is 2. The number of ether oxygens (including phenoxy) is 1. The molecule has 0 saturated carbocycles. The van der Waals surface area contributed by atoms with Gasteiger partial charge in [0.2, 0.25) is 0 Å². The molecule has 0 bridgehead atoms. The second kappa shape index (κ2) is 9.35. The summed E-state index contributed by atoms with van der Waals surface area (Å²) >= 11 is 0. The molecule has 2 rings (SSSR count). The second-order valence-electron chi connectivity index (χ2n) is 5.23. The smallest absolute Gasteiger partial charge is 0.319 e. The molecular formula is C18H23N3O2. The van der Waals surface area contributed by atoms with Crippen molar-refractivity contribution in [2.24, 2.45) is 0 Å². The number of benzene rings is 2. The lowest BCUT2D eigenvalue weighted by molar-refractivity contribution is 0.251. The zero-order chi connectivity index (χ0) is 16.3. The van der Waals surface area contributed by atoms with Gasteiger partial charge in [0, 0.05) is 24.0 Å². The van der Waals surface area contributed by atoms with Gasteiger partial charge in [-0.15, -0.1) is 0 Å². The van der Waals surface area contributed by atoms with Crippen molar-refractivity contribution < 1.29 is 9.53 Å². The minimum absolute atomic E-state index is 0.174. The van der Waals surface area contributed by atoms with Gasteiger partial charge in [-0.3, -0.25) is 0 Å². The highest BCUT2D eigenvalue weighted by molar-refractivity contribution is 5.89. The van der Waals surface area contributed by atoms with Crippen LogP contribution < -0.4 is 21.1 Å². The standard InChI is InChI=1S/C18H23N3O2/c19-15-8-7-11-17(14-15)23-13-6-2-5-12-20-18(22)21-16-9-3-1-4-10-16/h1,3-4,7-11,14H,2,5-6,12-13,19H2,(H2,20,21,22). The van der Waals surface area contributed by atoms with Crippen molar-refractivity contribution in [3.8, 4) is 5.75 Å². The molecule has 0 heterocycles. The minimum Gasteiger partial charge on any atom is -0.494 e. The molecule has 0 radical (unpaired) electrons. The predicted molar refractivity (Wildman–Crippen MR) is 93.7 cm³/mol. The molecule has 122 valence electrons. The van der Waals surface area contributed by atoms with Gasteiger partial charge in [0.25, 0.3) is 0 Å². The van der Waals surface area contributed by atoms with Crippen molar-refractivity contribution in [1.82, 2.24) is 5.32 Å². The molecule has 0 aliphatic rings. The van der Waals surface area contributed by atoms with E-state index in [0.717, 1.165) is 30.7 Å². The van der Waals surface area contributed by atoms with Crippen LogP contribution in [0.5, 0.6) is 5.75 Å². The van der Waals surface area contributed by atoms with E-state index in [9.17, 15) is 4.79 Å². The van der Waals surface area contributed by atoms with Gasteiger partial charge in [0.1, 0.15) is 5.75 Å². The van der Waals surface area contributed by atoms with Gasteiger partial charge in [-0.2, -0.15) is 0 Å². The lowest BCUT2D eigenvalue weighted by Crippen LogP contribution is -2.29. The Morgan fingerprint density at radius 3 is 2.61 bits per heavy atom. The SMILES string of the molecule is Nc1cccc(OCCCCCNC(=O)Nc2ccccc2)c1. The number of urea groups is 1. The summed E-state index contributed by atoms with van der Waals surface area (Å²) < 4.78 is 5.61. The number of carbonyl (C=O) groups is 1. The normalized spacial score (nSPS) is 10.1. The number of para-hydroxylation sites is 1. The number of anilines is 2. The Morgan fingerprint density at radius 1 is 1.00 bits per heavy atom. The Morgan fingerprint density at radius 2 is 1.83 bits per heavy atom. The van der Waals surface area contributed by atoms with Crippen LogP contribution in [0.15, 0.2) is 54.6 Å². The third-order valence-corrected chi connectivity index (χ3v) is 3.27. The summed E-state index contributed by atoms with van der Waals surface area (Å²) in [6.07, 6.45) is 2.85. The van der Waals surface area contributed by atoms with Crippen molar-refractivity contribution in [2.45, 2.75) is 19.3 Å². The molecular weight excluding hydrogens is 290 g/mol. The molecule has 0 aromatic heterocycles. The number of hydrogen-bond acceptors (Lipinski definition) is 3. The maximum Gasteiger partial charge on any atom is 0.319 e. The van der Waals surface area contributed by atoms with Crippen molar-refractivity contribution in [1.29, 1.82) is 0 Å². The van der Waals surface area contributed by atoms with Gasteiger partial charge >= 0.3 is 6.03 Å². The molecule has 2 amide bonds. The monoisotopic (exact) mass is 313 g/mol. The maximum absolute atomic E-state index is 11.7. The molecule has 0 fully saturated rings. The molecule has 23 heavy (non-hydrogen) atoms. The molecule has 0 atom stereocenters. The van der Waals surface area contributed by atoms with Crippen LogP contribution in [-0.4, -0.2) is 19.2 Å². The molecule has 5 nitrogen and oxygen atoms in total. The average molecular weight is 313 g/mol. The molecule has 0 aliphatic heterocycles. The summed E-state index contributed by atoms with van der Waals surface area (Å²) in [5.74, 6) is 0.797. The fraction of sp³-hybridized carbons (Fsp3) is 0.278. The summed E-state index contributed by atoms with van der Waals surface area (Å²) in [6.45, 7) is 1.30. The fourth-order valence-corrected chi connectivity index (χ4v) is 2.10. The van der Waals surface area contributed by atoms with Gasteiger partial charge in [-0.05, 0) is 43.5 Å². The van der Waals surface area contributed by atoms with Crippen molar-refractivity contribution in [3.05, 3.63) is 54.6 Å². The number of nitrogens with two attached hydrogens (primary N) is 1. The lowest BCUT2D eigenvalue weighted by Gasteiger charge is -2.08. The first-order chi connectivity index (χ1) is 11.2. The van der Waals surface area contributed by atoms with Crippen molar-refractivity contribution in [3.63, 3.8) is 0 Å². The lowest BCUT2D eigenvalue weighted by atomic mass is 10.2. The second-order valence-corrected chi connectivity index (χ2v) is 5.23. The molecule has 0 saturated heterocycles. The highest BCUT2D eigenvalue weighted by Gasteiger charge is 2.00. The third kappa shape index (κ3) is 6.74. The predicted octanol–water partition coefficient (Wildman–Crippen LogP) is 3.64. The van der Waals surface area contributed by atoms with Crippen LogP contribution >= 0.6 is 0 Å². The zero-order valence-corrected chi connectivity index (χ0v) is 13.1. The van der Waals surface area contributed by atoms with E-state index in [1.54, 1.807) is 0 Å². The quantitative estimate of drug-likeness (QED) is 0.514. The van der Waals surface area contributed by atoms with E-state index >= 15 is 0 Å². The summed E-state index contributed by atoms with van der Waals surface area (Å²) in [7, 11) is 0. The Kier molecular flexibility index (Phi) is 6.78. The number of rotatable bonds is 8. The van der Waals surface area contributed by atoms with Crippen molar-refractivity contribution >= 4 is 17.4 Å². The highest BCUT2D eigenvalue weighted by atomic mass is 16.5. The number of hydrogen-bond donors (Lipinski definition) is 3. The van der Waals surface area contributed by atoms with E-state index in [2.05, 4.69) is 10.6 Å². The van der Waals surface area contributed by atoms with Gasteiger partial charge in [-0.25, -0.2) is 4.79 Å². The van der Waals surface area contributed by atoms with Crippen LogP contribution in [-0.2, 0) is 0 Å². The third-order valence-electron chi connectivity index (χ3n) is 3.27. The van der Waals surface area contributed by atoms with E-state index in [1.165, 1.54) is 0 Å². The molecule has 0 unspecified atom stereocenters. The molecule has 0 aliphatic carbocycles. The van der Waals surface area contributed by atoms with Gasteiger partial charge in [0.05, 0.1) is 6.61 Å². The number of amides is 2. The van der Waals surface area contributed by atoms with Crippen molar-refractivity contribution in [2.75, 3.05) is 24.2 Å². The van der Waals surface area contributed by atoms with E-state index in [1.807, 2.05) is 54.6 Å². The first kappa shape index (κ1) is 16.7. The summed E-state index contributed by atoms with van der Waals surface area (Å²) in [5.41, 5.74) is 7.18. The van der Waals surface area contributed by atoms with Crippen LogP contribution in [0.3, 0.4) is 0 Å². The van der Waals surface area contributed by atoms with Gasteiger partial charge in [0.15, 0.2) is 0 Å². The number of nitrogen functional groups attached to an aromatic ring is 1. The Hall–Kier alpha value is -2.69. The largest absolute Gasteiger partial charge is 0.494 e. The number of carbonyl (C=O) groups excluding carboxylic acids is 1. The van der Waals surface area contributed by atoms with E-state index < -0.39 is 0 Å². The topological polar surface area (TPSA) is 76.4 Å². The van der Waals surface area contributed by atoms with Crippen LogP contribution in [0.4, 0.5) is 16.2 Å². The van der Waals surface area contributed by atoms with Crippen LogP contribution in [0, 0.1) is 0 Å². The first-order valence-corrected chi connectivity index (χ1v) is 7.82. The number of unbranched alkanes of at least 4 members (excludes halogenated alkanes) is 2. The van der Waals surface area contributed by atoms with E-state index in [4.69, 9.17) is 10.5 Å². The molecule has 0 spiro atoms. The van der Waals surface area contributed by atoms with Crippen LogP contribution in [0.25, 0.3) is 0 Å². The van der Waals surface area contributed by atoms with Crippen LogP contribution in [0.1, 0.15) is 19.3 Å². The van der Waals surface area contributed by atoms with E-state index in [-0.39, 0.29) is 6.03 Å². The Balaban J connectivity index is 1.50. The van der Waals surface area contributed by atoms with E-state index in [0.29, 0.717) is 18.8 Å². The zero-order valence-electron chi connectivity index (χ0n) is 13.1. The molecule has 5 heteroatoms. The fourth-order valence-electron chi connectivity index (χ4n) is 2.10. The summed E-state index contributed by atoms with van der Waals surface area (Å²) in [5, 5.41) is 5.62. The first-order valence-electron chi connectivity index (χ1n) is 7.82. The molecule has 2 aromatic carbocycles. The molecule has 4 N–H and O–H groups in total. The molecule has 2 aromatic rings. The Labute approximate surface area is 136 Å². The Bertz CT molecular complexity index is 602. The maximum atomic E-state index is 11.7. The van der Waals surface area contributed by atoms with Crippen LogP contribution in [0.2, 0.25) is 0 Å². The minimum atomic E-state index is -0.174. The highest BCUT2D eigenvalue weighted by Crippen LogP contribution is 2.14.